The second-order valence-electron chi connectivity index (χ2n) is 6.78. The van der Waals surface area contributed by atoms with E-state index in [1.807, 2.05) is 6.92 Å². The molecule has 0 amide bonds. The number of hydrogen-bond donors (Lipinski definition) is 2. The van der Waals surface area contributed by atoms with Crippen LogP contribution in [0.2, 0.25) is 0 Å². The molecule has 1 aromatic carbocycles. The molecule has 0 radical (unpaired) electrons. The van der Waals surface area contributed by atoms with Crippen LogP contribution in [0.5, 0.6) is 0 Å². The number of nitrogens with zero attached hydrogens (tertiary/aromatic N) is 2. The van der Waals surface area contributed by atoms with E-state index in [-0.39, 0.29) is 11.4 Å². The lowest BCUT2D eigenvalue weighted by atomic mass is 9.93. The van der Waals surface area contributed by atoms with E-state index < -0.39 is 10.0 Å². The summed E-state index contributed by atoms with van der Waals surface area (Å²) in [5.41, 5.74) is 0.297. The number of sulfonamides is 1. The fourth-order valence-corrected chi connectivity index (χ4v) is 3.79. The van der Waals surface area contributed by atoms with Crippen molar-refractivity contribution in [3.63, 3.8) is 0 Å². The summed E-state index contributed by atoms with van der Waals surface area (Å²) in [6, 6.07) is 8.39. The van der Waals surface area contributed by atoms with Gasteiger partial charge in [-0.25, -0.2) is 13.1 Å². The number of nitrogens with one attached hydrogen (secondary N) is 2. The SMILES string of the molecule is CCNC(=NCCNS(=O)(=O)c1ccccc1)N1CCC(C)(C)C1. The van der Waals surface area contributed by atoms with E-state index in [1.54, 1.807) is 30.3 Å². The fourth-order valence-electron chi connectivity index (χ4n) is 2.74. The molecule has 7 heteroatoms. The van der Waals surface area contributed by atoms with Crippen LogP contribution in [-0.4, -0.2) is 52.0 Å². The fraction of sp³-hybridized carbons (Fsp3) is 0.588. The lowest BCUT2D eigenvalue weighted by Gasteiger charge is -2.23. The lowest BCUT2D eigenvalue weighted by molar-refractivity contribution is 0.370. The average molecular weight is 353 g/mol. The Labute approximate surface area is 145 Å². The van der Waals surface area contributed by atoms with Crippen LogP contribution in [0.3, 0.4) is 0 Å². The summed E-state index contributed by atoms with van der Waals surface area (Å²) >= 11 is 0. The van der Waals surface area contributed by atoms with Crippen molar-refractivity contribution in [2.45, 2.75) is 32.1 Å². The highest BCUT2D eigenvalue weighted by molar-refractivity contribution is 7.89. The van der Waals surface area contributed by atoms with Crippen molar-refractivity contribution in [2.24, 2.45) is 10.4 Å². The first-order valence-electron chi connectivity index (χ1n) is 8.42. The third kappa shape index (κ3) is 5.21. The smallest absolute Gasteiger partial charge is 0.240 e. The van der Waals surface area contributed by atoms with Crippen molar-refractivity contribution in [1.82, 2.24) is 14.9 Å². The van der Waals surface area contributed by atoms with Crippen molar-refractivity contribution in [1.29, 1.82) is 0 Å². The highest BCUT2D eigenvalue weighted by atomic mass is 32.2. The quantitative estimate of drug-likeness (QED) is 0.464. The molecule has 24 heavy (non-hydrogen) atoms. The van der Waals surface area contributed by atoms with Gasteiger partial charge in [0.1, 0.15) is 0 Å². The molecule has 0 unspecified atom stereocenters. The van der Waals surface area contributed by atoms with E-state index in [0.29, 0.717) is 12.0 Å². The van der Waals surface area contributed by atoms with Gasteiger partial charge in [-0.1, -0.05) is 32.0 Å². The summed E-state index contributed by atoms with van der Waals surface area (Å²) in [6.07, 6.45) is 1.14. The number of hydrogen-bond acceptors (Lipinski definition) is 3. The molecule has 0 spiro atoms. The molecule has 0 saturated carbocycles. The maximum atomic E-state index is 12.2. The number of aliphatic imine (C=N–C) groups is 1. The highest BCUT2D eigenvalue weighted by Crippen LogP contribution is 2.28. The minimum atomic E-state index is -3.46. The van der Waals surface area contributed by atoms with Gasteiger partial charge >= 0.3 is 0 Å². The molecular weight excluding hydrogens is 324 g/mol. The molecule has 2 rings (SSSR count). The summed E-state index contributed by atoms with van der Waals surface area (Å²) in [5.74, 6) is 0.863. The third-order valence-corrected chi connectivity index (χ3v) is 5.51. The molecule has 1 heterocycles. The zero-order valence-electron chi connectivity index (χ0n) is 14.7. The predicted molar refractivity (Wildman–Crippen MR) is 97.6 cm³/mol. The highest BCUT2D eigenvalue weighted by Gasteiger charge is 2.30. The Balaban J connectivity index is 1.91. The average Bonchev–Trinajstić information content (AvgIpc) is 2.91. The summed E-state index contributed by atoms with van der Waals surface area (Å²) in [7, 11) is -3.46. The van der Waals surface area contributed by atoms with Crippen molar-refractivity contribution < 1.29 is 8.42 Å². The van der Waals surface area contributed by atoms with Gasteiger partial charge in [0, 0.05) is 26.2 Å². The second kappa shape index (κ2) is 7.98. The number of likely N-dealkylation sites (tertiary alicyclic amines) is 1. The number of rotatable bonds is 6. The molecule has 1 saturated heterocycles. The normalized spacial score (nSPS) is 18.0. The first kappa shape index (κ1) is 18.7. The third-order valence-electron chi connectivity index (χ3n) is 4.03. The number of guanidine groups is 1. The van der Waals surface area contributed by atoms with Crippen molar-refractivity contribution in [2.75, 3.05) is 32.7 Å². The first-order valence-corrected chi connectivity index (χ1v) is 9.90. The summed E-state index contributed by atoms with van der Waals surface area (Å²) < 4.78 is 26.9. The van der Waals surface area contributed by atoms with Crippen LogP contribution in [0.1, 0.15) is 27.2 Å². The van der Waals surface area contributed by atoms with Gasteiger partial charge in [0.2, 0.25) is 10.0 Å². The summed E-state index contributed by atoms with van der Waals surface area (Å²) in [6.45, 7) is 9.98. The molecule has 1 aromatic rings. The van der Waals surface area contributed by atoms with Crippen LogP contribution in [0, 0.1) is 5.41 Å². The largest absolute Gasteiger partial charge is 0.357 e. The van der Waals surface area contributed by atoms with Crippen LogP contribution < -0.4 is 10.0 Å². The van der Waals surface area contributed by atoms with Crippen LogP contribution >= 0.6 is 0 Å². The molecule has 1 aliphatic heterocycles. The minimum absolute atomic E-state index is 0.280. The zero-order valence-corrected chi connectivity index (χ0v) is 15.6. The predicted octanol–water partition coefficient (Wildman–Crippen LogP) is 1.66. The van der Waals surface area contributed by atoms with Gasteiger partial charge in [-0.3, -0.25) is 4.99 Å². The molecule has 0 aliphatic carbocycles. The Bertz CT molecular complexity index is 656. The first-order chi connectivity index (χ1) is 11.3. The maximum Gasteiger partial charge on any atom is 0.240 e. The van der Waals surface area contributed by atoms with E-state index in [1.165, 1.54) is 0 Å². The molecule has 0 bridgehead atoms. The van der Waals surface area contributed by atoms with Gasteiger partial charge < -0.3 is 10.2 Å². The van der Waals surface area contributed by atoms with E-state index >= 15 is 0 Å². The van der Waals surface area contributed by atoms with Crippen LogP contribution in [-0.2, 0) is 10.0 Å². The summed E-state index contributed by atoms with van der Waals surface area (Å²) in [4.78, 5) is 7.09. The molecule has 0 aromatic heterocycles. The van der Waals surface area contributed by atoms with Gasteiger partial charge in [-0.05, 0) is 30.9 Å². The monoisotopic (exact) mass is 352 g/mol. The Morgan fingerprint density at radius 3 is 2.58 bits per heavy atom. The standard InChI is InChI=1S/C17H28N4O2S/c1-4-18-16(21-13-10-17(2,3)14-21)19-11-12-20-24(22,23)15-8-6-5-7-9-15/h5-9,20H,4,10-14H2,1-3H3,(H,18,19). The van der Waals surface area contributed by atoms with E-state index in [4.69, 9.17) is 0 Å². The van der Waals surface area contributed by atoms with Crippen LogP contribution in [0.4, 0.5) is 0 Å². The zero-order chi connectivity index (χ0) is 17.6. The van der Waals surface area contributed by atoms with Gasteiger partial charge in [0.25, 0.3) is 0 Å². The van der Waals surface area contributed by atoms with Crippen LogP contribution in [0.15, 0.2) is 40.2 Å². The maximum absolute atomic E-state index is 12.2. The number of benzene rings is 1. The van der Waals surface area contributed by atoms with E-state index in [2.05, 4.69) is 33.8 Å². The van der Waals surface area contributed by atoms with Crippen LogP contribution in [0.25, 0.3) is 0 Å². The molecule has 6 nitrogen and oxygen atoms in total. The molecule has 0 atom stereocenters. The van der Waals surface area contributed by atoms with Gasteiger partial charge in [-0.2, -0.15) is 0 Å². The Kier molecular flexibility index (Phi) is 6.23. The van der Waals surface area contributed by atoms with E-state index in [0.717, 1.165) is 32.0 Å². The molecule has 1 fully saturated rings. The molecule has 134 valence electrons. The molecule has 1 aliphatic rings. The summed E-state index contributed by atoms with van der Waals surface area (Å²) in [5, 5.41) is 3.29. The van der Waals surface area contributed by atoms with Crippen molar-refractivity contribution >= 4 is 16.0 Å². The lowest BCUT2D eigenvalue weighted by Crippen LogP contribution is -2.41. The Morgan fingerprint density at radius 1 is 1.29 bits per heavy atom. The van der Waals surface area contributed by atoms with Crippen molar-refractivity contribution in [3.8, 4) is 0 Å². The van der Waals surface area contributed by atoms with Gasteiger partial charge in [0.05, 0.1) is 11.4 Å². The molecular formula is C17H28N4O2S. The van der Waals surface area contributed by atoms with Crippen molar-refractivity contribution in [3.05, 3.63) is 30.3 Å². The minimum Gasteiger partial charge on any atom is -0.357 e. The molecule has 2 N–H and O–H groups in total. The van der Waals surface area contributed by atoms with Gasteiger partial charge in [0.15, 0.2) is 5.96 Å². The van der Waals surface area contributed by atoms with Gasteiger partial charge in [-0.15, -0.1) is 0 Å². The topological polar surface area (TPSA) is 73.8 Å². The van der Waals surface area contributed by atoms with E-state index in [9.17, 15) is 8.42 Å². The second-order valence-corrected chi connectivity index (χ2v) is 8.55. The Hall–Kier alpha value is -1.60. The Morgan fingerprint density at radius 2 is 2.00 bits per heavy atom.